The molecule has 0 N–H and O–H groups in total. The normalized spacial score (nSPS) is 16.1. The van der Waals surface area contributed by atoms with Gasteiger partial charge in [-0.3, -0.25) is 4.79 Å². The Morgan fingerprint density at radius 2 is 2.04 bits per heavy atom. The molecule has 1 atom stereocenters. The summed E-state index contributed by atoms with van der Waals surface area (Å²) in [4.78, 5) is 16.8. The summed E-state index contributed by atoms with van der Waals surface area (Å²) < 4.78 is 0. The Kier molecular flexibility index (Phi) is 4.79. The Bertz CT molecular complexity index is 714. The van der Waals surface area contributed by atoms with Gasteiger partial charge in [-0.2, -0.15) is 0 Å². The van der Waals surface area contributed by atoms with Crippen LogP contribution < -0.4 is 9.80 Å². The number of carbonyl (C=O) groups excluding carboxylic acids is 1. The van der Waals surface area contributed by atoms with Gasteiger partial charge in [-0.25, -0.2) is 0 Å². The van der Waals surface area contributed by atoms with E-state index in [-0.39, 0.29) is 11.9 Å². The van der Waals surface area contributed by atoms with E-state index in [9.17, 15) is 4.79 Å². The monoisotopic (exact) mass is 324 g/mol. The van der Waals surface area contributed by atoms with Crippen LogP contribution in [0, 0.1) is 0 Å². The molecule has 1 aliphatic rings. The molecule has 0 saturated carbocycles. The Hall–Kier alpha value is -2.43. The molecular formula is C19H24N4O. The standard InChI is InChI=1S/C19H24N4O/c1-4-5-12-22(3)18-11-10-16(20-21-18)19(24)23-14(2)13-15-8-6-7-9-17(15)23/h6-11,14H,4-5,12-13H2,1-3H3. The second kappa shape index (κ2) is 6.99. The van der Waals surface area contributed by atoms with E-state index in [1.807, 2.05) is 36.2 Å². The molecule has 0 bridgehead atoms. The van der Waals surface area contributed by atoms with E-state index in [0.717, 1.165) is 37.3 Å². The third-order valence-corrected chi connectivity index (χ3v) is 4.53. The lowest BCUT2D eigenvalue weighted by Crippen LogP contribution is -2.36. The fourth-order valence-electron chi connectivity index (χ4n) is 3.15. The number of aromatic nitrogens is 2. The van der Waals surface area contributed by atoms with Gasteiger partial charge in [0.05, 0.1) is 0 Å². The first-order valence-electron chi connectivity index (χ1n) is 8.58. The minimum Gasteiger partial charge on any atom is -0.358 e. The van der Waals surface area contributed by atoms with Crippen LogP contribution in [0.5, 0.6) is 0 Å². The summed E-state index contributed by atoms with van der Waals surface area (Å²) >= 11 is 0. The third-order valence-electron chi connectivity index (χ3n) is 4.53. The van der Waals surface area contributed by atoms with Crippen LogP contribution in [-0.4, -0.2) is 35.7 Å². The van der Waals surface area contributed by atoms with Crippen LogP contribution in [0.4, 0.5) is 11.5 Å². The van der Waals surface area contributed by atoms with Gasteiger partial charge in [0.2, 0.25) is 0 Å². The van der Waals surface area contributed by atoms with Gasteiger partial charge in [0, 0.05) is 25.3 Å². The van der Waals surface area contributed by atoms with Crippen LogP contribution in [-0.2, 0) is 6.42 Å². The number of rotatable bonds is 5. The zero-order valence-corrected chi connectivity index (χ0v) is 14.6. The molecule has 24 heavy (non-hydrogen) atoms. The van der Waals surface area contributed by atoms with E-state index in [1.54, 1.807) is 6.07 Å². The molecule has 1 amide bonds. The van der Waals surface area contributed by atoms with E-state index in [1.165, 1.54) is 5.56 Å². The Balaban J connectivity index is 1.78. The molecule has 0 saturated heterocycles. The number of benzene rings is 1. The maximum Gasteiger partial charge on any atom is 0.279 e. The summed E-state index contributed by atoms with van der Waals surface area (Å²) in [7, 11) is 2.00. The molecule has 1 unspecified atom stereocenters. The molecule has 1 aromatic carbocycles. The summed E-state index contributed by atoms with van der Waals surface area (Å²) in [5.74, 6) is 0.720. The average molecular weight is 324 g/mol. The molecule has 2 heterocycles. The number of nitrogens with zero attached hydrogens (tertiary/aromatic N) is 4. The Labute approximate surface area is 143 Å². The van der Waals surface area contributed by atoms with Crippen LogP contribution in [0.15, 0.2) is 36.4 Å². The topological polar surface area (TPSA) is 49.3 Å². The largest absolute Gasteiger partial charge is 0.358 e. The fourth-order valence-corrected chi connectivity index (χ4v) is 3.15. The van der Waals surface area contributed by atoms with Gasteiger partial charge < -0.3 is 9.80 Å². The molecule has 1 aromatic heterocycles. The quantitative estimate of drug-likeness (QED) is 0.847. The van der Waals surface area contributed by atoms with Crippen molar-refractivity contribution < 1.29 is 4.79 Å². The van der Waals surface area contributed by atoms with Crippen LogP contribution >= 0.6 is 0 Å². The van der Waals surface area contributed by atoms with Gasteiger partial charge in [0.15, 0.2) is 11.5 Å². The summed E-state index contributed by atoms with van der Waals surface area (Å²) in [6.07, 6.45) is 3.13. The van der Waals surface area contributed by atoms with Crippen molar-refractivity contribution in [3.63, 3.8) is 0 Å². The van der Waals surface area contributed by atoms with Crippen molar-refractivity contribution in [3.8, 4) is 0 Å². The number of unbranched alkanes of at least 4 members (excludes halogenated alkanes) is 1. The highest BCUT2D eigenvalue weighted by Gasteiger charge is 2.32. The van der Waals surface area contributed by atoms with Gasteiger partial charge in [-0.15, -0.1) is 10.2 Å². The van der Waals surface area contributed by atoms with Gasteiger partial charge in [0.1, 0.15) is 0 Å². The van der Waals surface area contributed by atoms with Crippen LogP contribution in [0.3, 0.4) is 0 Å². The van der Waals surface area contributed by atoms with E-state index >= 15 is 0 Å². The second-order valence-corrected chi connectivity index (χ2v) is 6.41. The van der Waals surface area contributed by atoms with Crippen molar-refractivity contribution in [2.75, 3.05) is 23.4 Å². The van der Waals surface area contributed by atoms with E-state index in [0.29, 0.717) is 5.69 Å². The molecule has 2 aromatic rings. The molecule has 1 aliphatic heterocycles. The fraction of sp³-hybridized carbons (Fsp3) is 0.421. The molecule has 3 rings (SSSR count). The maximum absolute atomic E-state index is 12.9. The molecule has 0 aliphatic carbocycles. The van der Waals surface area contributed by atoms with Crippen molar-refractivity contribution in [1.29, 1.82) is 0 Å². The van der Waals surface area contributed by atoms with E-state index in [4.69, 9.17) is 0 Å². The molecule has 5 nitrogen and oxygen atoms in total. The van der Waals surface area contributed by atoms with E-state index in [2.05, 4.69) is 35.0 Å². The van der Waals surface area contributed by atoms with E-state index < -0.39 is 0 Å². The van der Waals surface area contributed by atoms with Crippen molar-refractivity contribution >= 4 is 17.4 Å². The molecule has 0 spiro atoms. The number of para-hydroxylation sites is 1. The molecular weight excluding hydrogens is 300 g/mol. The van der Waals surface area contributed by atoms with Crippen LogP contribution in [0.1, 0.15) is 42.7 Å². The number of amides is 1. The number of anilines is 2. The Morgan fingerprint density at radius 3 is 2.75 bits per heavy atom. The lowest BCUT2D eigenvalue weighted by atomic mass is 10.1. The first-order valence-corrected chi connectivity index (χ1v) is 8.58. The number of carbonyl (C=O) groups is 1. The minimum atomic E-state index is -0.0808. The van der Waals surface area contributed by atoms with Gasteiger partial charge in [0.25, 0.3) is 5.91 Å². The lowest BCUT2D eigenvalue weighted by Gasteiger charge is -2.22. The molecule has 5 heteroatoms. The number of fused-ring (bicyclic) bond motifs is 1. The molecule has 0 fully saturated rings. The second-order valence-electron chi connectivity index (χ2n) is 6.41. The highest BCUT2D eigenvalue weighted by atomic mass is 16.2. The summed E-state index contributed by atoms with van der Waals surface area (Å²) in [5.41, 5.74) is 2.59. The first-order chi connectivity index (χ1) is 11.6. The lowest BCUT2D eigenvalue weighted by molar-refractivity contribution is 0.0975. The summed E-state index contributed by atoms with van der Waals surface area (Å²) in [6, 6.07) is 11.9. The van der Waals surface area contributed by atoms with Crippen LogP contribution in [0.2, 0.25) is 0 Å². The number of hydrogen-bond donors (Lipinski definition) is 0. The van der Waals surface area contributed by atoms with Crippen molar-refractivity contribution in [1.82, 2.24) is 10.2 Å². The predicted molar refractivity (Wildman–Crippen MR) is 96.6 cm³/mol. The minimum absolute atomic E-state index is 0.0808. The van der Waals surface area contributed by atoms with Crippen molar-refractivity contribution in [2.24, 2.45) is 0 Å². The predicted octanol–water partition coefficient (Wildman–Crippen LogP) is 3.30. The molecule has 126 valence electrons. The average Bonchev–Trinajstić information content (AvgIpc) is 2.95. The zero-order valence-electron chi connectivity index (χ0n) is 14.6. The highest BCUT2D eigenvalue weighted by molar-refractivity contribution is 6.06. The first kappa shape index (κ1) is 16.4. The SMILES string of the molecule is CCCCN(C)c1ccc(C(=O)N2c3ccccc3CC2C)nn1. The van der Waals surface area contributed by atoms with Crippen molar-refractivity contribution in [2.45, 2.75) is 39.2 Å². The zero-order chi connectivity index (χ0) is 17.1. The third kappa shape index (κ3) is 3.11. The summed E-state index contributed by atoms with van der Waals surface area (Å²) in [5, 5.41) is 8.41. The number of hydrogen-bond acceptors (Lipinski definition) is 4. The van der Waals surface area contributed by atoms with Gasteiger partial charge in [-0.05, 0) is 43.5 Å². The van der Waals surface area contributed by atoms with Crippen LogP contribution in [0.25, 0.3) is 0 Å². The maximum atomic E-state index is 12.9. The highest BCUT2D eigenvalue weighted by Crippen LogP contribution is 2.32. The Morgan fingerprint density at radius 1 is 1.25 bits per heavy atom. The smallest absolute Gasteiger partial charge is 0.279 e. The molecule has 0 radical (unpaired) electrons. The van der Waals surface area contributed by atoms with Gasteiger partial charge >= 0.3 is 0 Å². The summed E-state index contributed by atoms with van der Waals surface area (Å²) in [6.45, 7) is 5.17. The van der Waals surface area contributed by atoms with Gasteiger partial charge in [-0.1, -0.05) is 31.5 Å². The van der Waals surface area contributed by atoms with Crippen molar-refractivity contribution in [3.05, 3.63) is 47.7 Å².